The second-order valence-electron chi connectivity index (χ2n) is 5.49. The van der Waals surface area contributed by atoms with E-state index >= 15 is 0 Å². The molecule has 1 aromatic heterocycles. The van der Waals surface area contributed by atoms with Crippen molar-refractivity contribution in [3.8, 4) is 5.88 Å². The van der Waals surface area contributed by atoms with E-state index in [-0.39, 0.29) is 23.4 Å². The van der Waals surface area contributed by atoms with Gasteiger partial charge in [-0.1, -0.05) is 18.2 Å². The van der Waals surface area contributed by atoms with Crippen LogP contribution in [0.5, 0.6) is 5.88 Å². The zero-order chi connectivity index (χ0) is 17.9. The van der Waals surface area contributed by atoms with E-state index < -0.39 is 12.8 Å². The van der Waals surface area contributed by atoms with Crippen LogP contribution < -0.4 is 10.1 Å². The van der Waals surface area contributed by atoms with Crippen LogP contribution >= 0.6 is 11.8 Å². The number of pyridine rings is 1. The Balaban J connectivity index is 1.64. The first kappa shape index (κ1) is 17.6. The predicted octanol–water partition coefficient (Wildman–Crippen LogP) is 3.99. The molecule has 1 aliphatic heterocycles. The van der Waals surface area contributed by atoms with E-state index in [9.17, 15) is 18.0 Å². The Morgan fingerprint density at radius 3 is 2.80 bits per heavy atom. The molecule has 1 atom stereocenters. The highest BCUT2D eigenvalue weighted by molar-refractivity contribution is 7.99. The molecule has 1 aliphatic rings. The zero-order valence-corrected chi connectivity index (χ0v) is 13.9. The van der Waals surface area contributed by atoms with Gasteiger partial charge in [-0.3, -0.25) is 4.79 Å². The van der Waals surface area contributed by atoms with E-state index in [1.165, 1.54) is 18.3 Å². The van der Waals surface area contributed by atoms with E-state index in [0.29, 0.717) is 0 Å². The predicted molar refractivity (Wildman–Crippen MR) is 87.8 cm³/mol. The summed E-state index contributed by atoms with van der Waals surface area (Å²) in [7, 11) is 0. The fourth-order valence-corrected chi connectivity index (χ4v) is 3.61. The van der Waals surface area contributed by atoms with Gasteiger partial charge in [0.25, 0.3) is 5.91 Å². The Morgan fingerprint density at radius 1 is 1.28 bits per heavy atom. The SMILES string of the molecule is O=C(N[C@H]1CCSc2ccccc21)c1ccc(OCC(F)(F)F)nc1. The summed E-state index contributed by atoms with van der Waals surface area (Å²) in [5.41, 5.74) is 1.35. The van der Waals surface area contributed by atoms with E-state index in [2.05, 4.69) is 15.0 Å². The number of nitrogens with one attached hydrogen (secondary N) is 1. The highest BCUT2D eigenvalue weighted by atomic mass is 32.2. The van der Waals surface area contributed by atoms with Crippen molar-refractivity contribution in [3.63, 3.8) is 0 Å². The maximum atomic E-state index is 12.4. The van der Waals surface area contributed by atoms with Gasteiger partial charge in [-0.25, -0.2) is 4.98 Å². The Bertz CT molecular complexity index is 750. The number of amides is 1. The van der Waals surface area contributed by atoms with Gasteiger partial charge in [0.1, 0.15) is 0 Å². The lowest BCUT2D eigenvalue weighted by Crippen LogP contribution is -2.30. The molecule has 0 radical (unpaired) electrons. The average molecular weight is 368 g/mol. The summed E-state index contributed by atoms with van der Waals surface area (Å²) in [4.78, 5) is 17.3. The molecule has 25 heavy (non-hydrogen) atoms. The van der Waals surface area contributed by atoms with E-state index in [1.54, 1.807) is 11.8 Å². The topological polar surface area (TPSA) is 51.2 Å². The Labute approximate surface area is 146 Å². The number of hydrogen-bond acceptors (Lipinski definition) is 4. The van der Waals surface area contributed by atoms with Crippen molar-refractivity contribution in [2.45, 2.75) is 23.5 Å². The van der Waals surface area contributed by atoms with Crippen molar-refractivity contribution in [3.05, 3.63) is 53.7 Å². The molecule has 1 amide bonds. The van der Waals surface area contributed by atoms with Crippen molar-refractivity contribution in [1.82, 2.24) is 10.3 Å². The fourth-order valence-electron chi connectivity index (χ4n) is 2.49. The molecule has 0 fully saturated rings. The molecule has 4 nitrogen and oxygen atoms in total. The number of hydrogen-bond donors (Lipinski definition) is 1. The Kier molecular flexibility index (Phi) is 5.17. The molecule has 0 unspecified atom stereocenters. The number of carbonyl (C=O) groups excluding carboxylic acids is 1. The van der Waals surface area contributed by atoms with Gasteiger partial charge in [0, 0.05) is 22.9 Å². The zero-order valence-electron chi connectivity index (χ0n) is 13.0. The first-order valence-corrected chi connectivity index (χ1v) is 8.59. The maximum absolute atomic E-state index is 12.4. The van der Waals surface area contributed by atoms with Gasteiger partial charge in [0.15, 0.2) is 6.61 Å². The molecule has 0 saturated heterocycles. The first-order valence-electron chi connectivity index (χ1n) is 7.60. The number of alkyl halides is 3. The summed E-state index contributed by atoms with van der Waals surface area (Å²) in [6, 6.07) is 10.5. The summed E-state index contributed by atoms with van der Waals surface area (Å²) in [5.74, 6) is 0.416. The van der Waals surface area contributed by atoms with E-state index in [1.807, 2.05) is 24.3 Å². The van der Waals surface area contributed by atoms with Gasteiger partial charge >= 0.3 is 6.18 Å². The van der Waals surface area contributed by atoms with Crippen LogP contribution in [0.1, 0.15) is 28.4 Å². The van der Waals surface area contributed by atoms with Gasteiger partial charge in [-0.2, -0.15) is 13.2 Å². The summed E-state index contributed by atoms with van der Waals surface area (Å²) in [6.07, 6.45) is -2.40. The molecule has 2 heterocycles. The maximum Gasteiger partial charge on any atom is 0.422 e. The Morgan fingerprint density at radius 2 is 2.08 bits per heavy atom. The van der Waals surface area contributed by atoms with Crippen LogP contribution in [-0.2, 0) is 0 Å². The van der Waals surface area contributed by atoms with Crippen LogP contribution in [0.4, 0.5) is 13.2 Å². The standard InChI is InChI=1S/C17H15F3N2O2S/c18-17(19,20)10-24-15-6-5-11(9-21-15)16(23)22-13-7-8-25-14-4-2-1-3-12(13)14/h1-6,9,13H,7-8,10H2,(H,22,23)/t13-/m0/s1. The van der Waals surface area contributed by atoms with Crippen molar-refractivity contribution in [1.29, 1.82) is 0 Å². The minimum Gasteiger partial charge on any atom is -0.468 e. The lowest BCUT2D eigenvalue weighted by molar-refractivity contribution is -0.154. The number of ether oxygens (including phenoxy) is 1. The molecule has 3 rings (SSSR count). The normalized spacial score (nSPS) is 16.8. The fraction of sp³-hybridized carbons (Fsp3) is 0.294. The van der Waals surface area contributed by atoms with Gasteiger partial charge in [0.05, 0.1) is 11.6 Å². The van der Waals surface area contributed by atoms with Crippen LogP contribution in [0.15, 0.2) is 47.5 Å². The van der Waals surface area contributed by atoms with Crippen molar-refractivity contribution in [2.75, 3.05) is 12.4 Å². The van der Waals surface area contributed by atoms with Crippen molar-refractivity contribution >= 4 is 17.7 Å². The highest BCUT2D eigenvalue weighted by Crippen LogP contribution is 2.35. The molecule has 0 aliphatic carbocycles. The molecular formula is C17H15F3N2O2S. The second-order valence-corrected chi connectivity index (χ2v) is 6.63. The number of fused-ring (bicyclic) bond motifs is 1. The largest absolute Gasteiger partial charge is 0.468 e. The highest BCUT2D eigenvalue weighted by Gasteiger charge is 2.28. The van der Waals surface area contributed by atoms with Gasteiger partial charge in [-0.15, -0.1) is 11.8 Å². The Hall–Kier alpha value is -2.22. The van der Waals surface area contributed by atoms with Crippen molar-refractivity contribution in [2.24, 2.45) is 0 Å². The van der Waals surface area contributed by atoms with Crippen LogP contribution in [0.3, 0.4) is 0 Å². The lowest BCUT2D eigenvalue weighted by atomic mass is 10.0. The summed E-state index contributed by atoms with van der Waals surface area (Å²) in [6.45, 7) is -1.41. The summed E-state index contributed by atoms with van der Waals surface area (Å²) in [5, 5.41) is 2.95. The third-order valence-corrected chi connectivity index (χ3v) is 4.77. The minimum absolute atomic E-state index is 0.0916. The van der Waals surface area contributed by atoms with E-state index in [4.69, 9.17) is 0 Å². The van der Waals surface area contributed by atoms with Crippen LogP contribution in [0.25, 0.3) is 0 Å². The molecule has 132 valence electrons. The number of thioether (sulfide) groups is 1. The third-order valence-electron chi connectivity index (χ3n) is 3.65. The molecule has 0 bridgehead atoms. The monoisotopic (exact) mass is 368 g/mol. The number of carbonyl (C=O) groups is 1. The lowest BCUT2D eigenvalue weighted by Gasteiger charge is -2.25. The summed E-state index contributed by atoms with van der Waals surface area (Å²) >= 11 is 1.75. The van der Waals surface area contributed by atoms with Gasteiger partial charge < -0.3 is 10.1 Å². The molecule has 8 heteroatoms. The summed E-state index contributed by atoms with van der Waals surface area (Å²) < 4.78 is 40.9. The smallest absolute Gasteiger partial charge is 0.422 e. The second kappa shape index (κ2) is 7.35. The number of rotatable bonds is 4. The third kappa shape index (κ3) is 4.66. The van der Waals surface area contributed by atoms with E-state index in [0.717, 1.165) is 22.6 Å². The molecule has 1 N–H and O–H groups in total. The minimum atomic E-state index is -4.43. The van der Waals surface area contributed by atoms with Crippen LogP contribution in [0, 0.1) is 0 Å². The number of halogens is 3. The molecule has 2 aromatic rings. The molecule has 0 spiro atoms. The van der Waals surface area contributed by atoms with Gasteiger partial charge in [-0.05, 0) is 24.1 Å². The number of aromatic nitrogens is 1. The number of benzene rings is 1. The molecular weight excluding hydrogens is 353 g/mol. The first-order chi connectivity index (χ1) is 11.9. The molecule has 0 saturated carbocycles. The average Bonchev–Trinajstić information content (AvgIpc) is 2.60. The van der Waals surface area contributed by atoms with Crippen LogP contribution in [-0.4, -0.2) is 29.4 Å². The van der Waals surface area contributed by atoms with Crippen LogP contribution in [0.2, 0.25) is 0 Å². The number of nitrogens with zero attached hydrogens (tertiary/aromatic N) is 1. The van der Waals surface area contributed by atoms with Gasteiger partial charge in [0.2, 0.25) is 5.88 Å². The van der Waals surface area contributed by atoms with Crippen molar-refractivity contribution < 1.29 is 22.7 Å². The quantitative estimate of drug-likeness (QED) is 0.887. The molecule has 1 aromatic carbocycles.